The number of rotatable bonds is 4. The summed E-state index contributed by atoms with van der Waals surface area (Å²) in [6, 6.07) is 11.8. The monoisotopic (exact) mass is 319 g/mol. The standard InChI is InChI=1S/C16H14ClNO4/c17-12-3-1-2-10(6-12)13(19)8-18-16(20)11-4-5-14-15(7-11)22-9-21-14/h1-7,13,19H,8-9H2,(H,18,20)/t13-/m1/s1. The average molecular weight is 320 g/mol. The van der Waals surface area contributed by atoms with E-state index in [4.69, 9.17) is 21.1 Å². The number of aliphatic hydroxyl groups is 1. The fourth-order valence-corrected chi connectivity index (χ4v) is 2.36. The molecule has 114 valence electrons. The summed E-state index contributed by atoms with van der Waals surface area (Å²) < 4.78 is 10.4. The van der Waals surface area contributed by atoms with Crippen LogP contribution in [0.15, 0.2) is 42.5 Å². The van der Waals surface area contributed by atoms with Crippen LogP contribution in [0, 0.1) is 0 Å². The van der Waals surface area contributed by atoms with Crippen molar-refractivity contribution in [1.82, 2.24) is 5.32 Å². The molecule has 0 aliphatic carbocycles. The number of fused-ring (bicyclic) bond motifs is 1. The third-order valence-corrected chi connectivity index (χ3v) is 3.56. The summed E-state index contributed by atoms with van der Waals surface area (Å²) >= 11 is 5.88. The number of aliphatic hydroxyl groups excluding tert-OH is 1. The zero-order valence-corrected chi connectivity index (χ0v) is 12.3. The first kappa shape index (κ1) is 14.7. The number of halogens is 1. The third kappa shape index (κ3) is 3.16. The van der Waals surface area contributed by atoms with Crippen molar-refractivity contribution in [3.05, 3.63) is 58.6 Å². The maximum atomic E-state index is 12.1. The average Bonchev–Trinajstić information content (AvgIpc) is 2.99. The summed E-state index contributed by atoms with van der Waals surface area (Å²) in [5.74, 6) is 0.873. The van der Waals surface area contributed by atoms with Gasteiger partial charge in [0, 0.05) is 17.1 Å². The molecule has 0 spiro atoms. The summed E-state index contributed by atoms with van der Waals surface area (Å²) in [6.45, 7) is 0.251. The van der Waals surface area contributed by atoms with Crippen molar-refractivity contribution >= 4 is 17.5 Å². The lowest BCUT2D eigenvalue weighted by molar-refractivity contribution is 0.0916. The van der Waals surface area contributed by atoms with Crippen LogP contribution in [0.3, 0.4) is 0 Å². The van der Waals surface area contributed by atoms with Crippen LogP contribution in [-0.4, -0.2) is 24.4 Å². The van der Waals surface area contributed by atoms with E-state index in [0.29, 0.717) is 27.6 Å². The lowest BCUT2D eigenvalue weighted by atomic mass is 10.1. The Kier molecular flexibility index (Phi) is 4.18. The molecule has 1 amide bonds. The normalized spacial score (nSPS) is 13.7. The Hall–Kier alpha value is -2.24. The predicted octanol–water partition coefficient (Wildman–Crippen LogP) is 2.53. The minimum Gasteiger partial charge on any atom is -0.454 e. The highest BCUT2D eigenvalue weighted by Crippen LogP contribution is 2.32. The summed E-state index contributed by atoms with van der Waals surface area (Å²) in [4.78, 5) is 12.1. The van der Waals surface area contributed by atoms with E-state index in [1.807, 2.05) is 0 Å². The minimum atomic E-state index is -0.823. The van der Waals surface area contributed by atoms with Crippen molar-refractivity contribution in [3.63, 3.8) is 0 Å². The van der Waals surface area contributed by atoms with Gasteiger partial charge in [-0.25, -0.2) is 0 Å². The number of amides is 1. The van der Waals surface area contributed by atoms with Gasteiger partial charge in [0.1, 0.15) is 0 Å². The second-order valence-corrected chi connectivity index (χ2v) is 5.29. The fraction of sp³-hybridized carbons (Fsp3) is 0.188. The second kappa shape index (κ2) is 6.25. The molecule has 1 aliphatic heterocycles. The Bertz CT molecular complexity index is 704. The first-order valence-corrected chi connectivity index (χ1v) is 7.12. The van der Waals surface area contributed by atoms with Crippen LogP contribution in [0.25, 0.3) is 0 Å². The Morgan fingerprint density at radius 2 is 2.05 bits per heavy atom. The van der Waals surface area contributed by atoms with Crippen LogP contribution in [0.1, 0.15) is 22.0 Å². The molecular weight excluding hydrogens is 306 g/mol. The van der Waals surface area contributed by atoms with Crippen molar-refractivity contribution in [3.8, 4) is 11.5 Å². The van der Waals surface area contributed by atoms with Gasteiger partial charge >= 0.3 is 0 Å². The maximum absolute atomic E-state index is 12.1. The van der Waals surface area contributed by atoms with E-state index in [1.54, 1.807) is 42.5 Å². The first-order chi connectivity index (χ1) is 10.6. The van der Waals surface area contributed by atoms with Crippen LogP contribution >= 0.6 is 11.6 Å². The van der Waals surface area contributed by atoms with Gasteiger partial charge in [0.15, 0.2) is 11.5 Å². The molecule has 1 aliphatic rings. The number of carbonyl (C=O) groups is 1. The van der Waals surface area contributed by atoms with E-state index in [9.17, 15) is 9.90 Å². The number of hydrogen-bond donors (Lipinski definition) is 2. The molecule has 0 unspecified atom stereocenters. The molecule has 0 aromatic heterocycles. The van der Waals surface area contributed by atoms with Crippen LogP contribution < -0.4 is 14.8 Å². The van der Waals surface area contributed by atoms with Crippen molar-refractivity contribution in [2.24, 2.45) is 0 Å². The van der Waals surface area contributed by atoms with E-state index in [2.05, 4.69) is 5.32 Å². The van der Waals surface area contributed by atoms with E-state index in [0.717, 1.165) is 0 Å². The van der Waals surface area contributed by atoms with Crippen LogP contribution in [-0.2, 0) is 0 Å². The largest absolute Gasteiger partial charge is 0.454 e. The first-order valence-electron chi connectivity index (χ1n) is 6.75. The van der Waals surface area contributed by atoms with Gasteiger partial charge < -0.3 is 19.9 Å². The van der Waals surface area contributed by atoms with Gasteiger partial charge in [-0.1, -0.05) is 23.7 Å². The molecule has 0 saturated heterocycles. The van der Waals surface area contributed by atoms with E-state index >= 15 is 0 Å². The van der Waals surface area contributed by atoms with Gasteiger partial charge in [-0.3, -0.25) is 4.79 Å². The number of nitrogens with one attached hydrogen (secondary N) is 1. The quantitative estimate of drug-likeness (QED) is 0.908. The van der Waals surface area contributed by atoms with Gasteiger partial charge in [0.05, 0.1) is 6.10 Å². The van der Waals surface area contributed by atoms with Gasteiger partial charge in [-0.2, -0.15) is 0 Å². The topological polar surface area (TPSA) is 67.8 Å². The maximum Gasteiger partial charge on any atom is 0.251 e. The number of hydrogen-bond acceptors (Lipinski definition) is 4. The summed E-state index contributed by atoms with van der Waals surface area (Å²) in [5, 5.41) is 13.3. The van der Waals surface area contributed by atoms with Gasteiger partial charge in [0.2, 0.25) is 6.79 Å². The lowest BCUT2D eigenvalue weighted by Gasteiger charge is -2.12. The second-order valence-electron chi connectivity index (χ2n) is 4.85. The minimum absolute atomic E-state index is 0.0909. The highest BCUT2D eigenvalue weighted by molar-refractivity contribution is 6.30. The van der Waals surface area contributed by atoms with Gasteiger partial charge in [-0.15, -0.1) is 0 Å². The Morgan fingerprint density at radius 3 is 2.86 bits per heavy atom. The zero-order chi connectivity index (χ0) is 15.5. The zero-order valence-electron chi connectivity index (χ0n) is 11.6. The van der Waals surface area contributed by atoms with Crippen LogP contribution in [0.4, 0.5) is 0 Å². The Balaban J connectivity index is 1.62. The lowest BCUT2D eigenvalue weighted by Crippen LogP contribution is -2.28. The fourth-order valence-electron chi connectivity index (χ4n) is 2.16. The Morgan fingerprint density at radius 1 is 1.23 bits per heavy atom. The van der Waals surface area contributed by atoms with Crippen molar-refractivity contribution in [1.29, 1.82) is 0 Å². The molecule has 1 heterocycles. The van der Waals surface area contributed by atoms with Crippen molar-refractivity contribution in [2.45, 2.75) is 6.10 Å². The van der Waals surface area contributed by atoms with Gasteiger partial charge in [-0.05, 0) is 35.9 Å². The highest BCUT2D eigenvalue weighted by Gasteiger charge is 2.17. The number of ether oxygens (including phenoxy) is 2. The SMILES string of the molecule is O=C(NC[C@@H](O)c1cccc(Cl)c1)c1ccc2c(c1)OCO2. The van der Waals surface area contributed by atoms with E-state index < -0.39 is 6.10 Å². The smallest absolute Gasteiger partial charge is 0.251 e. The molecule has 22 heavy (non-hydrogen) atoms. The third-order valence-electron chi connectivity index (χ3n) is 3.32. The molecule has 0 fully saturated rings. The van der Waals surface area contributed by atoms with Gasteiger partial charge in [0.25, 0.3) is 5.91 Å². The predicted molar refractivity (Wildman–Crippen MR) is 81.3 cm³/mol. The molecule has 6 heteroatoms. The molecular formula is C16H14ClNO4. The van der Waals surface area contributed by atoms with E-state index in [1.165, 1.54) is 0 Å². The molecule has 3 rings (SSSR count). The molecule has 0 radical (unpaired) electrons. The molecule has 0 bridgehead atoms. The summed E-state index contributed by atoms with van der Waals surface area (Å²) in [7, 11) is 0. The highest BCUT2D eigenvalue weighted by atomic mass is 35.5. The van der Waals surface area contributed by atoms with Crippen LogP contribution in [0.2, 0.25) is 5.02 Å². The molecule has 2 aromatic carbocycles. The molecule has 2 N–H and O–H groups in total. The summed E-state index contributed by atoms with van der Waals surface area (Å²) in [6.07, 6.45) is -0.823. The summed E-state index contributed by atoms with van der Waals surface area (Å²) in [5.41, 5.74) is 1.10. The van der Waals surface area contributed by atoms with Crippen molar-refractivity contribution in [2.75, 3.05) is 13.3 Å². The van der Waals surface area contributed by atoms with E-state index in [-0.39, 0.29) is 19.2 Å². The molecule has 0 saturated carbocycles. The van der Waals surface area contributed by atoms with Crippen molar-refractivity contribution < 1.29 is 19.4 Å². The molecule has 5 nitrogen and oxygen atoms in total. The Labute approximate surface area is 132 Å². The molecule has 2 aromatic rings. The number of carbonyl (C=O) groups excluding carboxylic acids is 1. The molecule has 1 atom stereocenters. The number of benzene rings is 2. The van der Waals surface area contributed by atoms with Crippen LogP contribution in [0.5, 0.6) is 11.5 Å².